The number of ketones is 1. The van der Waals surface area contributed by atoms with Crippen LogP contribution in [0.25, 0.3) is 0 Å². The van der Waals surface area contributed by atoms with Crippen molar-refractivity contribution in [3.05, 3.63) is 98.0 Å². The zero-order valence-electron chi connectivity index (χ0n) is 17.0. The van der Waals surface area contributed by atoms with E-state index in [1.165, 1.54) is 24.3 Å². The minimum absolute atomic E-state index is 0.000833. The number of anilines is 1. The third-order valence-electron chi connectivity index (χ3n) is 5.51. The van der Waals surface area contributed by atoms with Gasteiger partial charge >= 0.3 is 0 Å². The summed E-state index contributed by atoms with van der Waals surface area (Å²) in [5.41, 5.74) is 0.486. The van der Waals surface area contributed by atoms with E-state index in [1.807, 2.05) is 0 Å². The normalized spacial score (nSPS) is 18.4. The smallest absolute Gasteiger partial charge is 0.231 e. The van der Waals surface area contributed by atoms with Gasteiger partial charge in [0.1, 0.15) is 16.0 Å². The molecule has 1 saturated carbocycles. The number of carbonyl (C=O) groups is 2. The lowest BCUT2D eigenvalue weighted by molar-refractivity contribution is -0.117. The molecular weight excluding hydrogens is 550 g/mol. The first kappa shape index (κ1) is 25.2. The molecule has 10 heteroatoms. The number of benzene rings is 3. The van der Waals surface area contributed by atoms with Crippen LogP contribution in [-0.2, 0) is 11.2 Å². The minimum Gasteiger partial charge on any atom is -0.326 e. The number of nitrogens with one attached hydrogen (secondary N) is 1. The molecule has 0 saturated heterocycles. The Kier molecular flexibility index (Phi) is 7.14. The van der Waals surface area contributed by atoms with Crippen molar-refractivity contribution in [2.45, 2.75) is 16.7 Å². The average Bonchev–Trinajstić information content (AvgIpc) is 3.33. The van der Waals surface area contributed by atoms with Crippen molar-refractivity contribution in [3.63, 3.8) is 0 Å². The van der Waals surface area contributed by atoms with Gasteiger partial charge in [0.05, 0.1) is 10.9 Å². The van der Waals surface area contributed by atoms with Crippen molar-refractivity contribution < 1.29 is 18.4 Å². The van der Waals surface area contributed by atoms with E-state index in [0.717, 1.165) is 12.1 Å². The van der Waals surface area contributed by atoms with E-state index < -0.39 is 45.9 Å². The average molecular weight is 564 g/mol. The Labute approximate surface area is 218 Å². The van der Waals surface area contributed by atoms with Crippen molar-refractivity contribution in [1.29, 1.82) is 0 Å². The first-order valence-electron chi connectivity index (χ1n) is 9.89. The molecule has 34 heavy (non-hydrogen) atoms. The van der Waals surface area contributed by atoms with Gasteiger partial charge in [-0.05, 0) is 54.1 Å². The molecule has 1 aliphatic rings. The van der Waals surface area contributed by atoms with Crippen LogP contribution in [0, 0.1) is 17.6 Å². The highest BCUT2D eigenvalue weighted by Gasteiger charge is 2.67. The fourth-order valence-corrected chi connectivity index (χ4v) is 5.41. The molecule has 1 amide bonds. The van der Waals surface area contributed by atoms with Gasteiger partial charge in [-0.1, -0.05) is 40.9 Å². The molecule has 176 valence electrons. The molecule has 0 aliphatic heterocycles. The highest BCUT2D eigenvalue weighted by molar-refractivity contribution is 6.53. The summed E-state index contributed by atoms with van der Waals surface area (Å²) in [6.07, 6.45) is -0.539. The van der Waals surface area contributed by atoms with E-state index in [-0.39, 0.29) is 21.8 Å². The third kappa shape index (κ3) is 5.05. The number of hydrogen-bond acceptors (Lipinski definition) is 2. The van der Waals surface area contributed by atoms with E-state index in [9.17, 15) is 18.4 Å². The molecule has 2 atom stereocenters. The van der Waals surface area contributed by atoms with Gasteiger partial charge in [-0.15, -0.1) is 23.2 Å². The third-order valence-corrected chi connectivity index (χ3v) is 7.22. The van der Waals surface area contributed by atoms with Crippen molar-refractivity contribution >= 4 is 75.4 Å². The summed E-state index contributed by atoms with van der Waals surface area (Å²) < 4.78 is 26.5. The van der Waals surface area contributed by atoms with E-state index in [0.29, 0.717) is 15.6 Å². The molecule has 4 rings (SSSR count). The molecule has 1 N–H and O–H groups in total. The second-order valence-electron chi connectivity index (χ2n) is 7.82. The second-order valence-corrected chi connectivity index (χ2v) is 10.5. The lowest BCUT2D eigenvalue weighted by Crippen LogP contribution is -2.17. The van der Waals surface area contributed by atoms with Crippen molar-refractivity contribution in [2.24, 2.45) is 5.92 Å². The van der Waals surface area contributed by atoms with Crippen LogP contribution in [0.3, 0.4) is 0 Å². The first-order chi connectivity index (χ1) is 16.0. The van der Waals surface area contributed by atoms with E-state index in [2.05, 4.69) is 5.32 Å². The van der Waals surface area contributed by atoms with Crippen LogP contribution in [0.4, 0.5) is 14.5 Å². The fourth-order valence-electron chi connectivity index (χ4n) is 3.82. The molecule has 1 aliphatic carbocycles. The maximum atomic E-state index is 13.9. The van der Waals surface area contributed by atoms with Crippen LogP contribution >= 0.6 is 58.0 Å². The molecule has 0 aromatic heterocycles. The first-order valence-corrected chi connectivity index (χ1v) is 11.8. The summed E-state index contributed by atoms with van der Waals surface area (Å²) in [4.78, 5) is 25.7. The number of carbonyl (C=O) groups excluding carboxylic acids is 2. The molecule has 3 nitrogen and oxygen atoms in total. The van der Waals surface area contributed by atoms with Crippen LogP contribution in [0.1, 0.15) is 27.4 Å². The summed E-state index contributed by atoms with van der Waals surface area (Å²) in [7, 11) is 0. The zero-order chi connectivity index (χ0) is 24.8. The Bertz CT molecular complexity index is 1270. The minimum atomic E-state index is -1.38. The van der Waals surface area contributed by atoms with Crippen molar-refractivity contribution in [2.75, 3.05) is 5.32 Å². The van der Waals surface area contributed by atoms with Crippen molar-refractivity contribution in [1.82, 2.24) is 0 Å². The summed E-state index contributed by atoms with van der Waals surface area (Å²) in [5, 5.41) is 3.49. The van der Waals surface area contributed by atoms with E-state index in [4.69, 9.17) is 58.0 Å². The summed E-state index contributed by atoms with van der Waals surface area (Å²) >= 11 is 31.0. The summed E-state index contributed by atoms with van der Waals surface area (Å²) in [5.74, 6) is -4.15. The molecule has 1 fully saturated rings. The van der Waals surface area contributed by atoms with Crippen LogP contribution in [-0.4, -0.2) is 16.0 Å². The highest BCUT2D eigenvalue weighted by atomic mass is 35.5. The molecule has 0 bridgehead atoms. The van der Waals surface area contributed by atoms with Crippen molar-refractivity contribution in [3.8, 4) is 0 Å². The Morgan fingerprint density at radius 1 is 0.912 bits per heavy atom. The molecule has 0 spiro atoms. The predicted octanol–water partition coefficient (Wildman–Crippen LogP) is 7.88. The van der Waals surface area contributed by atoms with Gasteiger partial charge in [0.25, 0.3) is 0 Å². The highest BCUT2D eigenvalue weighted by Crippen LogP contribution is 2.65. The number of Topliss-reactive ketones (excluding diaryl/α,β-unsaturated/α-hetero) is 1. The Morgan fingerprint density at radius 3 is 2.15 bits per heavy atom. The Balaban J connectivity index is 1.53. The van der Waals surface area contributed by atoms with Gasteiger partial charge in [-0.2, -0.15) is 0 Å². The standard InChI is InChI=1S/C24H14Cl5F2NO2/c25-12-6-11(7-13(26)8-12)21-22(24(21,28)29)23(34)32-14-4-5-17(27)15(9-14)20(33)10-16-18(30)2-1-3-19(16)31/h1-9,21-22H,10H2,(H,32,34). The summed E-state index contributed by atoms with van der Waals surface area (Å²) in [6, 6.07) is 12.4. The van der Waals surface area contributed by atoms with E-state index >= 15 is 0 Å². The number of amides is 1. The zero-order valence-corrected chi connectivity index (χ0v) is 20.8. The topological polar surface area (TPSA) is 46.2 Å². The van der Waals surface area contributed by atoms with Gasteiger partial charge in [0, 0.05) is 39.2 Å². The van der Waals surface area contributed by atoms with E-state index in [1.54, 1.807) is 18.2 Å². The van der Waals surface area contributed by atoms with Gasteiger partial charge in [0.15, 0.2) is 5.78 Å². The maximum absolute atomic E-state index is 13.9. The van der Waals surface area contributed by atoms with Crippen LogP contribution in [0.15, 0.2) is 54.6 Å². The Hall–Kier alpha value is -1.89. The number of rotatable bonds is 6. The lowest BCUT2D eigenvalue weighted by Gasteiger charge is -2.10. The molecule has 3 aromatic carbocycles. The summed E-state index contributed by atoms with van der Waals surface area (Å²) in [6.45, 7) is 0. The van der Waals surface area contributed by atoms with Crippen LogP contribution < -0.4 is 5.32 Å². The Morgan fingerprint density at radius 2 is 1.53 bits per heavy atom. The van der Waals surface area contributed by atoms with Crippen LogP contribution in [0.5, 0.6) is 0 Å². The number of hydrogen-bond donors (Lipinski definition) is 1. The quantitative estimate of drug-likeness (QED) is 0.245. The predicted molar refractivity (Wildman–Crippen MR) is 132 cm³/mol. The lowest BCUT2D eigenvalue weighted by atomic mass is 10.0. The molecular formula is C24H14Cl5F2NO2. The maximum Gasteiger partial charge on any atom is 0.231 e. The molecule has 2 unspecified atom stereocenters. The number of alkyl halides is 2. The van der Waals surface area contributed by atoms with Gasteiger partial charge in [-0.3, -0.25) is 9.59 Å². The van der Waals surface area contributed by atoms with Gasteiger partial charge in [0.2, 0.25) is 5.91 Å². The second kappa shape index (κ2) is 9.63. The molecule has 0 radical (unpaired) electrons. The monoisotopic (exact) mass is 561 g/mol. The molecule has 3 aromatic rings. The fraction of sp³-hybridized carbons (Fsp3) is 0.167. The number of halogens is 7. The largest absolute Gasteiger partial charge is 0.326 e. The van der Waals surface area contributed by atoms with Gasteiger partial charge < -0.3 is 5.32 Å². The van der Waals surface area contributed by atoms with Crippen LogP contribution in [0.2, 0.25) is 15.1 Å². The SMILES string of the molecule is O=C(Cc1c(F)cccc1F)c1cc(NC(=O)C2C(c3cc(Cl)cc(Cl)c3)C2(Cl)Cl)ccc1Cl. The molecule has 0 heterocycles. The van der Waals surface area contributed by atoms with Gasteiger partial charge in [-0.25, -0.2) is 8.78 Å².